The predicted octanol–water partition coefficient (Wildman–Crippen LogP) is 0.890. The van der Waals surface area contributed by atoms with Crippen LogP contribution >= 0.6 is 0 Å². The first-order valence-corrected chi connectivity index (χ1v) is 4.18. The number of nitrogens with two attached hydrogens (primary N) is 1. The molecular weight excluding hydrogens is 180 g/mol. The van der Waals surface area contributed by atoms with E-state index < -0.39 is 0 Å². The summed E-state index contributed by atoms with van der Waals surface area (Å²) in [6, 6.07) is 8.73. The molecule has 4 nitrogen and oxygen atoms in total. The van der Waals surface area contributed by atoms with Crippen LogP contribution in [-0.4, -0.2) is 11.5 Å². The Bertz CT molecular complexity index is 531. The number of nitrogens with zero attached hydrogens (tertiary/aromatic N) is 1. The van der Waals surface area contributed by atoms with Crippen molar-refractivity contribution in [2.24, 2.45) is 0 Å². The summed E-state index contributed by atoms with van der Waals surface area (Å²) in [6.45, 7) is 0. The predicted molar refractivity (Wildman–Crippen MR) is 54.6 cm³/mol. The summed E-state index contributed by atoms with van der Waals surface area (Å²) in [5.74, 6) is 0.486. The Hall–Kier alpha value is -1.97. The van der Waals surface area contributed by atoms with E-state index in [1.807, 2.05) is 12.1 Å². The molecule has 0 aromatic carbocycles. The summed E-state index contributed by atoms with van der Waals surface area (Å²) in [4.78, 5) is 11.7. The van der Waals surface area contributed by atoms with Gasteiger partial charge in [0, 0.05) is 0 Å². The van der Waals surface area contributed by atoms with Crippen molar-refractivity contribution in [2.75, 3.05) is 12.8 Å². The minimum Gasteiger partial charge on any atom is -0.482 e. The van der Waals surface area contributed by atoms with Crippen molar-refractivity contribution >= 4 is 11.2 Å². The molecule has 0 saturated carbocycles. The molecule has 2 N–H and O–H groups in total. The first-order chi connectivity index (χ1) is 6.74. The number of nitrogen functional groups attached to an aromatic ring is 1. The van der Waals surface area contributed by atoms with Crippen LogP contribution in [0.5, 0.6) is 5.88 Å². The Kier molecular flexibility index (Phi) is 1.89. The van der Waals surface area contributed by atoms with Crippen LogP contribution in [0.25, 0.3) is 5.52 Å². The van der Waals surface area contributed by atoms with Crippen molar-refractivity contribution in [3.63, 3.8) is 0 Å². The van der Waals surface area contributed by atoms with Crippen LogP contribution in [0.4, 0.5) is 5.69 Å². The summed E-state index contributed by atoms with van der Waals surface area (Å²) in [7, 11) is 1.52. The Morgan fingerprint density at radius 3 is 2.79 bits per heavy atom. The standard InChI is InChI=1S/C10H10N2O2/c1-14-9-4-2-3-7-5-6-8(11)10(13)12(7)9/h2-6H,11H2,1H3. The molecular formula is C10H10N2O2. The Morgan fingerprint density at radius 2 is 2.07 bits per heavy atom. The quantitative estimate of drug-likeness (QED) is 0.726. The molecule has 0 aliphatic carbocycles. The molecule has 2 aromatic heterocycles. The van der Waals surface area contributed by atoms with Gasteiger partial charge in [0.1, 0.15) is 0 Å². The Labute approximate surface area is 80.5 Å². The number of aromatic nitrogens is 1. The number of hydrogen-bond acceptors (Lipinski definition) is 3. The lowest BCUT2D eigenvalue weighted by Gasteiger charge is -2.06. The van der Waals surface area contributed by atoms with Gasteiger partial charge in [0.05, 0.1) is 18.3 Å². The summed E-state index contributed by atoms with van der Waals surface area (Å²) < 4.78 is 6.51. The lowest BCUT2D eigenvalue weighted by Crippen LogP contribution is -2.18. The summed E-state index contributed by atoms with van der Waals surface area (Å²) in [5.41, 5.74) is 6.25. The van der Waals surface area contributed by atoms with Gasteiger partial charge in [0.2, 0.25) is 5.88 Å². The zero-order valence-electron chi connectivity index (χ0n) is 7.73. The minimum atomic E-state index is -0.250. The second-order valence-corrected chi connectivity index (χ2v) is 2.92. The highest BCUT2D eigenvalue weighted by atomic mass is 16.5. The lowest BCUT2D eigenvalue weighted by molar-refractivity contribution is 0.390. The van der Waals surface area contributed by atoms with Gasteiger partial charge in [-0.3, -0.25) is 4.79 Å². The molecule has 4 heteroatoms. The molecule has 0 atom stereocenters. The number of rotatable bonds is 1. The smallest absolute Gasteiger partial charge is 0.281 e. The number of methoxy groups -OCH3 is 1. The van der Waals surface area contributed by atoms with E-state index in [0.717, 1.165) is 5.52 Å². The molecule has 0 amide bonds. The van der Waals surface area contributed by atoms with Gasteiger partial charge in [-0.1, -0.05) is 6.07 Å². The second kappa shape index (κ2) is 3.06. The van der Waals surface area contributed by atoms with Gasteiger partial charge in [-0.15, -0.1) is 0 Å². The van der Waals surface area contributed by atoms with Crippen molar-refractivity contribution in [2.45, 2.75) is 0 Å². The van der Waals surface area contributed by atoms with Crippen LogP contribution in [0.2, 0.25) is 0 Å². The monoisotopic (exact) mass is 190 g/mol. The highest BCUT2D eigenvalue weighted by Crippen LogP contribution is 2.12. The van der Waals surface area contributed by atoms with E-state index >= 15 is 0 Å². The Balaban J connectivity index is 2.97. The van der Waals surface area contributed by atoms with Crippen molar-refractivity contribution in [1.82, 2.24) is 4.40 Å². The largest absolute Gasteiger partial charge is 0.482 e. The number of ether oxygens (including phenoxy) is 1. The fraction of sp³-hybridized carbons (Fsp3) is 0.100. The van der Waals surface area contributed by atoms with E-state index in [2.05, 4.69) is 0 Å². The highest BCUT2D eigenvalue weighted by Gasteiger charge is 2.03. The molecule has 2 rings (SSSR count). The molecule has 0 unspecified atom stereocenters. The van der Waals surface area contributed by atoms with E-state index in [0.29, 0.717) is 5.88 Å². The van der Waals surface area contributed by atoms with Crippen LogP contribution in [0, 0.1) is 0 Å². The van der Waals surface area contributed by atoms with Gasteiger partial charge in [-0.2, -0.15) is 0 Å². The molecule has 0 bridgehead atoms. The van der Waals surface area contributed by atoms with Crippen LogP contribution in [-0.2, 0) is 0 Å². The zero-order valence-corrected chi connectivity index (χ0v) is 7.73. The van der Waals surface area contributed by atoms with Gasteiger partial charge in [0.25, 0.3) is 5.56 Å². The van der Waals surface area contributed by atoms with Gasteiger partial charge in [-0.25, -0.2) is 4.40 Å². The molecule has 0 fully saturated rings. The number of hydrogen-bond donors (Lipinski definition) is 1. The van der Waals surface area contributed by atoms with E-state index in [4.69, 9.17) is 10.5 Å². The van der Waals surface area contributed by atoms with E-state index in [-0.39, 0.29) is 11.2 Å². The minimum absolute atomic E-state index is 0.215. The molecule has 0 radical (unpaired) electrons. The molecule has 0 aliphatic rings. The number of anilines is 1. The maximum atomic E-state index is 11.7. The first-order valence-electron chi connectivity index (χ1n) is 4.18. The van der Waals surface area contributed by atoms with E-state index in [9.17, 15) is 4.79 Å². The average Bonchev–Trinajstić information content (AvgIpc) is 2.23. The number of fused-ring (bicyclic) bond motifs is 1. The van der Waals surface area contributed by atoms with Crippen molar-refractivity contribution in [1.29, 1.82) is 0 Å². The van der Waals surface area contributed by atoms with Gasteiger partial charge in [0.15, 0.2) is 0 Å². The summed E-state index contributed by atoms with van der Waals surface area (Å²) in [5, 5.41) is 0. The topological polar surface area (TPSA) is 56.7 Å². The first kappa shape index (κ1) is 8.62. The van der Waals surface area contributed by atoms with E-state index in [1.54, 1.807) is 18.2 Å². The SMILES string of the molecule is COc1cccc2ccc(N)c(=O)n12. The fourth-order valence-electron chi connectivity index (χ4n) is 1.39. The maximum absolute atomic E-state index is 11.7. The van der Waals surface area contributed by atoms with Crippen molar-refractivity contribution in [3.05, 3.63) is 40.7 Å². The zero-order chi connectivity index (χ0) is 10.1. The van der Waals surface area contributed by atoms with E-state index in [1.165, 1.54) is 11.5 Å². The third-order valence-corrected chi connectivity index (χ3v) is 2.08. The molecule has 2 aromatic rings. The molecule has 0 saturated heterocycles. The van der Waals surface area contributed by atoms with Crippen LogP contribution in [0.3, 0.4) is 0 Å². The normalized spacial score (nSPS) is 10.4. The maximum Gasteiger partial charge on any atom is 0.281 e. The number of pyridine rings is 2. The molecule has 2 heterocycles. The van der Waals surface area contributed by atoms with Crippen LogP contribution in [0.1, 0.15) is 0 Å². The van der Waals surface area contributed by atoms with Gasteiger partial charge < -0.3 is 10.5 Å². The average molecular weight is 190 g/mol. The summed E-state index contributed by atoms with van der Waals surface area (Å²) in [6.07, 6.45) is 0. The third kappa shape index (κ3) is 1.12. The third-order valence-electron chi connectivity index (χ3n) is 2.08. The van der Waals surface area contributed by atoms with Gasteiger partial charge >= 0.3 is 0 Å². The van der Waals surface area contributed by atoms with Crippen LogP contribution in [0.15, 0.2) is 35.1 Å². The Morgan fingerprint density at radius 1 is 1.29 bits per heavy atom. The molecule has 14 heavy (non-hydrogen) atoms. The van der Waals surface area contributed by atoms with Gasteiger partial charge in [-0.05, 0) is 24.3 Å². The summed E-state index contributed by atoms with van der Waals surface area (Å²) >= 11 is 0. The van der Waals surface area contributed by atoms with Crippen LogP contribution < -0.4 is 16.0 Å². The molecule has 0 aliphatic heterocycles. The second-order valence-electron chi connectivity index (χ2n) is 2.92. The highest BCUT2D eigenvalue weighted by molar-refractivity contribution is 5.54. The fourth-order valence-corrected chi connectivity index (χ4v) is 1.39. The molecule has 72 valence electrons. The lowest BCUT2D eigenvalue weighted by atomic mass is 10.3. The van der Waals surface area contributed by atoms with Crippen molar-refractivity contribution in [3.8, 4) is 5.88 Å². The van der Waals surface area contributed by atoms with Crippen molar-refractivity contribution < 1.29 is 4.74 Å². The molecule has 0 spiro atoms.